The molecule has 1 nitrogen and oxygen atoms in total. The van der Waals surface area contributed by atoms with Crippen molar-refractivity contribution in [3.8, 4) is 12.3 Å². The fourth-order valence-electron chi connectivity index (χ4n) is 0.636. The summed E-state index contributed by atoms with van der Waals surface area (Å²) in [6.07, 6.45) is 11.4. The van der Waals surface area contributed by atoms with Crippen molar-refractivity contribution in [2.45, 2.75) is 13.3 Å². The van der Waals surface area contributed by atoms with Gasteiger partial charge in [-0.25, -0.2) is 0 Å². The first-order chi connectivity index (χ1) is 5.81. The van der Waals surface area contributed by atoms with Gasteiger partial charge in [-0.3, -0.25) is 0 Å². The average Bonchev–Trinajstić information content (AvgIpc) is 2.09. The minimum Gasteiger partial charge on any atom is -0.498 e. The molecule has 66 valence electrons. The fourth-order valence-corrected chi connectivity index (χ4v) is 0.727. The topological polar surface area (TPSA) is 9.23 Å². The van der Waals surface area contributed by atoms with Crippen molar-refractivity contribution in [2.24, 2.45) is 0 Å². The Morgan fingerprint density at radius 2 is 2.42 bits per heavy atom. The van der Waals surface area contributed by atoms with Crippen LogP contribution in [-0.4, -0.2) is 12.4 Å². The molecule has 0 spiro atoms. The molecule has 0 aromatic carbocycles. The third-order valence-electron chi connectivity index (χ3n) is 1.18. The predicted molar refractivity (Wildman–Crippen MR) is 56.2 cm³/mol. The molecule has 12 heavy (non-hydrogen) atoms. The third kappa shape index (κ3) is 7.30. The van der Waals surface area contributed by atoms with Crippen LogP contribution in [-0.2, 0) is 4.74 Å². The molecule has 0 atom stereocenters. The maximum atomic E-state index is 5.27. The molecular weight excluding hydrogens is 168 g/mol. The zero-order valence-electron chi connectivity index (χ0n) is 7.29. The predicted octanol–water partition coefficient (Wildman–Crippen LogP) is 2.42. The Balaban J connectivity index is 3.55. The fraction of sp³-hybridized carbons (Fsp3) is 0.400. The molecule has 0 aromatic rings. The second kappa shape index (κ2) is 8.29. The number of hydrogen-bond acceptors (Lipinski definition) is 2. The molecule has 0 amide bonds. The molecule has 0 aromatic heterocycles. The summed E-state index contributed by atoms with van der Waals surface area (Å²) in [7, 11) is 0. The molecule has 0 unspecified atom stereocenters. The van der Waals surface area contributed by atoms with Gasteiger partial charge in [0, 0.05) is 5.75 Å². The monoisotopic (exact) mass is 182 g/mol. The minimum absolute atomic E-state index is 0.657. The van der Waals surface area contributed by atoms with Crippen LogP contribution in [0.3, 0.4) is 0 Å². The lowest BCUT2D eigenvalue weighted by atomic mass is 10.3. The van der Waals surface area contributed by atoms with Crippen LogP contribution in [0, 0.1) is 12.3 Å². The molecule has 0 heterocycles. The molecular formula is C10H14OS. The van der Waals surface area contributed by atoms with Crippen molar-refractivity contribution in [3.05, 3.63) is 24.0 Å². The Labute approximate surface area is 79.9 Å². The second-order valence-corrected chi connectivity index (χ2v) is 2.64. The number of hydrogen-bond donors (Lipinski definition) is 1. The lowest BCUT2D eigenvalue weighted by molar-refractivity contribution is 0.234. The molecule has 0 rings (SSSR count). The van der Waals surface area contributed by atoms with E-state index < -0.39 is 0 Å². The van der Waals surface area contributed by atoms with E-state index in [0.717, 1.165) is 17.9 Å². The van der Waals surface area contributed by atoms with Gasteiger partial charge in [0.1, 0.15) is 0 Å². The first kappa shape index (κ1) is 11.2. The maximum absolute atomic E-state index is 5.27. The normalized spacial score (nSPS) is 11.6. The molecule has 0 fully saturated rings. The van der Waals surface area contributed by atoms with Crippen LogP contribution in [0.25, 0.3) is 0 Å². The van der Waals surface area contributed by atoms with Gasteiger partial charge in [0.15, 0.2) is 0 Å². The van der Waals surface area contributed by atoms with E-state index in [1.807, 2.05) is 19.1 Å². The van der Waals surface area contributed by atoms with Crippen LogP contribution >= 0.6 is 12.6 Å². The Kier molecular flexibility index (Phi) is 7.73. The highest BCUT2D eigenvalue weighted by molar-refractivity contribution is 7.80. The van der Waals surface area contributed by atoms with Gasteiger partial charge in [0.05, 0.1) is 12.4 Å². The van der Waals surface area contributed by atoms with Gasteiger partial charge in [-0.1, -0.05) is 12.0 Å². The summed E-state index contributed by atoms with van der Waals surface area (Å²) < 4.78 is 5.27. The average molecular weight is 182 g/mol. The van der Waals surface area contributed by atoms with E-state index in [2.05, 4.69) is 18.5 Å². The van der Waals surface area contributed by atoms with Gasteiger partial charge in [-0.15, -0.1) is 6.42 Å². The zero-order chi connectivity index (χ0) is 9.23. The molecule has 0 saturated heterocycles. The standard InChI is InChI=1S/C10H14OS/c1-3-4-5-6-7-10(2)11-8-9-12/h1,4-5,7,12H,6,8-9H2,2H3/b5-4-,10-7+. The summed E-state index contributed by atoms with van der Waals surface area (Å²) in [4.78, 5) is 0. The Morgan fingerprint density at radius 1 is 1.67 bits per heavy atom. The van der Waals surface area contributed by atoms with Crippen molar-refractivity contribution >= 4 is 12.6 Å². The van der Waals surface area contributed by atoms with Crippen molar-refractivity contribution < 1.29 is 4.74 Å². The molecule has 0 N–H and O–H groups in total. The quantitative estimate of drug-likeness (QED) is 0.390. The molecule has 2 heteroatoms. The molecule has 0 saturated carbocycles. The number of ether oxygens (including phenoxy) is 1. The Bertz CT molecular complexity index is 198. The SMILES string of the molecule is C#C/C=C\C/C=C(\C)OCCS. The van der Waals surface area contributed by atoms with Gasteiger partial charge in [0.25, 0.3) is 0 Å². The van der Waals surface area contributed by atoms with Crippen molar-refractivity contribution in [1.82, 2.24) is 0 Å². The van der Waals surface area contributed by atoms with Crippen molar-refractivity contribution in [2.75, 3.05) is 12.4 Å². The van der Waals surface area contributed by atoms with E-state index >= 15 is 0 Å². The van der Waals surface area contributed by atoms with Crippen LogP contribution in [0.2, 0.25) is 0 Å². The summed E-state index contributed by atoms with van der Waals surface area (Å²) in [5.74, 6) is 4.09. The van der Waals surface area contributed by atoms with E-state index in [9.17, 15) is 0 Å². The molecule has 0 bridgehead atoms. The third-order valence-corrected chi connectivity index (χ3v) is 1.36. The van der Waals surface area contributed by atoms with Gasteiger partial charge >= 0.3 is 0 Å². The Morgan fingerprint density at radius 3 is 3.00 bits per heavy atom. The van der Waals surface area contributed by atoms with E-state index in [0.29, 0.717) is 6.61 Å². The Hall–Kier alpha value is -0.810. The van der Waals surface area contributed by atoms with Crippen LogP contribution in [0.4, 0.5) is 0 Å². The van der Waals surface area contributed by atoms with Crippen LogP contribution < -0.4 is 0 Å². The summed E-state index contributed by atoms with van der Waals surface area (Å²) in [6, 6.07) is 0. The van der Waals surface area contributed by atoms with Gasteiger partial charge in [-0.2, -0.15) is 12.6 Å². The largest absolute Gasteiger partial charge is 0.498 e. The molecule has 0 aliphatic rings. The van der Waals surface area contributed by atoms with Crippen LogP contribution in [0.1, 0.15) is 13.3 Å². The summed E-state index contributed by atoms with van der Waals surface area (Å²) in [6.45, 7) is 2.58. The van der Waals surface area contributed by atoms with E-state index in [-0.39, 0.29) is 0 Å². The summed E-state index contributed by atoms with van der Waals surface area (Å²) >= 11 is 4.03. The first-order valence-electron chi connectivity index (χ1n) is 3.82. The first-order valence-corrected chi connectivity index (χ1v) is 4.46. The molecule has 0 aliphatic heterocycles. The molecule has 0 aliphatic carbocycles. The van der Waals surface area contributed by atoms with E-state index in [1.165, 1.54) is 0 Å². The van der Waals surface area contributed by atoms with E-state index in [1.54, 1.807) is 6.08 Å². The van der Waals surface area contributed by atoms with Gasteiger partial charge in [-0.05, 0) is 25.5 Å². The highest BCUT2D eigenvalue weighted by atomic mass is 32.1. The number of allylic oxidation sites excluding steroid dienone is 4. The lowest BCUT2D eigenvalue weighted by Gasteiger charge is -2.02. The van der Waals surface area contributed by atoms with Gasteiger partial charge in [0.2, 0.25) is 0 Å². The smallest absolute Gasteiger partial charge is 0.0964 e. The van der Waals surface area contributed by atoms with Gasteiger partial charge < -0.3 is 4.74 Å². The zero-order valence-corrected chi connectivity index (χ0v) is 8.18. The van der Waals surface area contributed by atoms with Crippen LogP contribution in [0.5, 0.6) is 0 Å². The second-order valence-electron chi connectivity index (χ2n) is 2.19. The maximum Gasteiger partial charge on any atom is 0.0964 e. The van der Waals surface area contributed by atoms with E-state index in [4.69, 9.17) is 11.2 Å². The highest BCUT2D eigenvalue weighted by Gasteiger charge is 1.85. The summed E-state index contributed by atoms with van der Waals surface area (Å²) in [5, 5.41) is 0. The molecule has 0 radical (unpaired) electrons. The number of rotatable bonds is 5. The van der Waals surface area contributed by atoms with Crippen molar-refractivity contribution in [3.63, 3.8) is 0 Å². The minimum atomic E-state index is 0.657. The number of terminal acetylenes is 1. The lowest BCUT2D eigenvalue weighted by Crippen LogP contribution is -1.92. The number of thiol groups is 1. The van der Waals surface area contributed by atoms with Crippen LogP contribution in [0.15, 0.2) is 24.0 Å². The summed E-state index contributed by atoms with van der Waals surface area (Å²) in [5.41, 5.74) is 0. The highest BCUT2D eigenvalue weighted by Crippen LogP contribution is 1.98. The van der Waals surface area contributed by atoms with Crippen molar-refractivity contribution in [1.29, 1.82) is 0 Å².